The first-order chi connectivity index (χ1) is 11.8. The minimum absolute atomic E-state index is 0.0912. The summed E-state index contributed by atoms with van der Waals surface area (Å²) in [5.74, 6) is -4.10. The molecule has 0 heterocycles. The summed E-state index contributed by atoms with van der Waals surface area (Å²) < 4.78 is 54.0. The fourth-order valence-electron chi connectivity index (χ4n) is 3.39. The van der Waals surface area contributed by atoms with Gasteiger partial charge in [0.2, 0.25) is 0 Å². The van der Waals surface area contributed by atoms with Gasteiger partial charge >= 0.3 is 18.3 Å². The molecule has 0 N–H and O–H groups in total. The van der Waals surface area contributed by atoms with Crippen molar-refractivity contribution in [3.63, 3.8) is 0 Å². The van der Waals surface area contributed by atoms with E-state index in [4.69, 9.17) is 0 Å². The second-order valence-electron chi connectivity index (χ2n) is 6.77. The zero-order valence-corrected chi connectivity index (χ0v) is 14.3. The smallest absolute Gasteiger partial charge is 0.340 e. The van der Waals surface area contributed by atoms with Crippen molar-refractivity contribution >= 4 is 5.97 Å². The minimum Gasteiger partial charge on any atom is -0.455 e. The number of rotatable bonds is 7. The van der Waals surface area contributed by atoms with E-state index in [0.29, 0.717) is 5.92 Å². The largest absolute Gasteiger partial charge is 0.455 e. The molecule has 1 aliphatic carbocycles. The minimum atomic E-state index is -4.33. The molecule has 25 heavy (non-hydrogen) atoms. The maximum absolute atomic E-state index is 12.8. The van der Waals surface area contributed by atoms with Crippen molar-refractivity contribution in [1.29, 1.82) is 0 Å². The van der Waals surface area contributed by atoms with Crippen molar-refractivity contribution in [3.05, 3.63) is 35.4 Å². The lowest BCUT2D eigenvalue weighted by molar-refractivity contribution is -0.155. The van der Waals surface area contributed by atoms with E-state index in [0.717, 1.165) is 24.3 Å². The normalized spacial score (nSPS) is 21.4. The number of carbonyl (C=O) groups excluding carboxylic acids is 1. The van der Waals surface area contributed by atoms with Crippen LogP contribution in [0.4, 0.5) is 17.6 Å². The van der Waals surface area contributed by atoms with Gasteiger partial charge in [0, 0.05) is 0 Å². The molecule has 0 amide bonds. The Hall–Kier alpha value is -1.59. The first kappa shape index (κ1) is 19.7. The first-order valence-corrected chi connectivity index (χ1v) is 8.76. The highest BCUT2D eigenvalue weighted by Gasteiger charge is 2.42. The zero-order chi connectivity index (χ0) is 18.4. The lowest BCUT2D eigenvalue weighted by atomic mass is 9.77. The molecule has 1 fully saturated rings. The molecule has 0 bridgehead atoms. The Balaban J connectivity index is 1.88. The first-order valence-electron chi connectivity index (χ1n) is 8.76. The predicted octanol–water partition coefficient (Wildman–Crippen LogP) is 5.82. The number of ether oxygens (including phenoxy) is 1. The number of hydrogen-bond acceptors (Lipinski definition) is 2. The van der Waals surface area contributed by atoms with Gasteiger partial charge in [-0.25, -0.2) is 13.6 Å². The number of hydrogen-bond donors (Lipinski definition) is 0. The van der Waals surface area contributed by atoms with Gasteiger partial charge in [0.25, 0.3) is 0 Å². The summed E-state index contributed by atoms with van der Waals surface area (Å²) in [6.45, 7) is 0.577. The Morgan fingerprint density at radius 2 is 1.76 bits per heavy atom. The van der Waals surface area contributed by atoms with Crippen LogP contribution in [0.5, 0.6) is 0 Å². The van der Waals surface area contributed by atoms with E-state index in [-0.39, 0.29) is 5.56 Å². The van der Waals surface area contributed by atoms with E-state index in [1.165, 1.54) is 37.8 Å². The van der Waals surface area contributed by atoms with Crippen molar-refractivity contribution in [2.75, 3.05) is 6.61 Å². The molecular weight excluding hydrogens is 336 g/mol. The molecule has 0 aromatic heterocycles. The number of carbonyl (C=O) groups is 1. The van der Waals surface area contributed by atoms with Crippen LogP contribution in [0.25, 0.3) is 0 Å². The van der Waals surface area contributed by atoms with Crippen molar-refractivity contribution in [2.24, 2.45) is 5.92 Å². The molecule has 0 aliphatic heterocycles. The van der Waals surface area contributed by atoms with E-state index >= 15 is 0 Å². The summed E-state index contributed by atoms with van der Waals surface area (Å²) in [6, 6.07) is 6.62. The third-order valence-electron chi connectivity index (χ3n) is 4.88. The average Bonchev–Trinajstić information content (AvgIpc) is 2.61. The maximum atomic E-state index is 12.8. The zero-order valence-electron chi connectivity index (χ0n) is 14.3. The van der Waals surface area contributed by atoms with Gasteiger partial charge in [0.05, 0.1) is 5.56 Å². The van der Waals surface area contributed by atoms with E-state index in [9.17, 15) is 22.4 Å². The molecule has 1 aromatic carbocycles. The summed E-state index contributed by atoms with van der Waals surface area (Å²) >= 11 is 0. The van der Waals surface area contributed by atoms with Crippen molar-refractivity contribution < 1.29 is 27.1 Å². The van der Waals surface area contributed by atoms with Gasteiger partial charge in [-0.2, -0.15) is 8.78 Å². The second kappa shape index (κ2) is 8.68. The highest BCUT2D eigenvalue weighted by molar-refractivity contribution is 5.89. The van der Waals surface area contributed by atoms with Crippen LogP contribution in [0.15, 0.2) is 24.3 Å². The Labute approximate surface area is 145 Å². The monoisotopic (exact) mass is 360 g/mol. The van der Waals surface area contributed by atoms with Gasteiger partial charge in [0.1, 0.15) is 0 Å². The Morgan fingerprint density at radius 3 is 2.28 bits per heavy atom. The number of benzene rings is 1. The average molecular weight is 360 g/mol. The molecule has 0 atom stereocenters. The molecule has 6 heteroatoms. The van der Waals surface area contributed by atoms with E-state index < -0.39 is 24.9 Å². The highest BCUT2D eigenvalue weighted by atomic mass is 19.3. The molecule has 140 valence electrons. The maximum Gasteiger partial charge on any atom is 0.340 e. The topological polar surface area (TPSA) is 26.3 Å². The van der Waals surface area contributed by atoms with Crippen LogP contribution in [0, 0.1) is 5.92 Å². The van der Waals surface area contributed by atoms with Gasteiger partial charge in [-0.05, 0) is 55.2 Å². The molecule has 0 spiro atoms. The summed E-state index contributed by atoms with van der Waals surface area (Å²) in [4.78, 5) is 11.7. The summed E-state index contributed by atoms with van der Waals surface area (Å²) in [5.41, 5.74) is 1.21. The standard InChI is InChI=1S/C19H24F4O2/c1-2-3-13-4-6-14(7-5-13)15-8-10-16(11-9-15)17(24)25-12-19(22,23)18(20)21/h8-11,13-14,18H,2-7,12H2,1H3/t13-,14-. The van der Waals surface area contributed by atoms with Crippen LogP contribution in [-0.2, 0) is 4.74 Å². The molecule has 0 saturated heterocycles. The Morgan fingerprint density at radius 1 is 1.16 bits per heavy atom. The second-order valence-corrected chi connectivity index (χ2v) is 6.77. The van der Waals surface area contributed by atoms with Crippen molar-refractivity contribution in [1.82, 2.24) is 0 Å². The quantitative estimate of drug-likeness (QED) is 0.452. The van der Waals surface area contributed by atoms with Crippen LogP contribution >= 0.6 is 0 Å². The summed E-state index contributed by atoms with van der Waals surface area (Å²) in [7, 11) is 0. The molecule has 2 rings (SSSR count). The summed E-state index contributed by atoms with van der Waals surface area (Å²) in [6.07, 6.45) is 3.23. The summed E-state index contributed by atoms with van der Waals surface area (Å²) in [5, 5.41) is 0. The van der Waals surface area contributed by atoms with Gasteiger partial charge < -0.3 is 4.74 Å². The van der Waals surface area contributed by atoms with Crippen LogP contribution in [-0.4, -0.2) is 24.9 Å². The van der Waals surface area contributed by atoms with E-state index in [1.54, 1.807) is 12.1 Å². The van der Waals surface area contributed by atoms with E-state index in [2.05, 4.69) is 11.7 Å². The van der Waals surface area contributed by atoms with Crippen molar-refractivity contribution in [2.45, 2.75) is 63.7 Å². The highest BCUT2D eigenvalue weighted by Crippen LogP contribution is 2.37. The Bertz CT molecular complexity index is 549. The fourth-order valence-corrected chi connectivity index (χ4v) is 3.39. The molecule has 1 aliphatic rings. The molecule has 0 unspecified atom stereocenters. The molecule has 1 aromatic rings. The number of halogens is 4. The molecule has 1 saturated carbocycles. The predicted molar refractivity (Wildman–Crippen MR) is 87.3 cm³/mol. The van der Waals surface area contributed by atoms with Gasteiger partial charge in [-0.1, -0.05) is 31.9 Å². The van der Waals surface area contributed by atoms with Crippen LogP contribution < -0.4 is 0 Å². The lowest BCUT2D eigenvalue weighted by Gasteiger charge is -2.28. The lowest BCUT2D eigenvalue weighted by Crippen LogP contribution is -2.33. The van der Waals surface area contributed by atoms with Crippen LogP contribution in [0.3, 0.4) is 0 Å². The van der Waals surface area contributed by atoms with Crippen molar-refractivity contribution in [3.8, 4) is 0 Å². The van der Waals surface area contributed by atoms with Gasteiger partial charge in [-0.3, -0.25) is 0 Å². The third kappa shape index (κ3) is 5.44. The Kier molecular flexibility index (Phi) is 6.85. The molecule has 2 nitrogen and oxygen atoms in total. The number of alkyl halides is 4. The molecule has 0 radical (unpaired) electrons. The van der Waals surface area contributed by atoms with E-state index in [1.807, 2.05) is 0 Å². The fraction of sp³-hybridized carbons (Fsp3) is 0.632. The SMILES string of the molecule is CCC[C@H]1CC[C@H](c2ccc(C(=O)OCC(F)(F)C(F)F)cc2)CC1. The third-order valence-corrected chi connectivity index (χ3v) is 4.88. The van der Waals surface area contributed by atoms with Crippen LogP contribution in [0.2, 0.25) is 0 Å². The molecular formula is C19H24F4O2. The van der Waals surface area contributed by atoms with Gasteiger partial charge in [0.15, 0.2) is 6.61 Å². The van der Waals surface area contributed by atoms with Crippen LogP contribution in [0.1, 0.15) is 67.3 Å². The number of esters is 1. The van der Waals surface area contributed by atoms with Gasteiger partial charge in [-0.15, -0.1) is 0 Å².